The first kappa shape index (κ1) is 17.3. The molecule has 0 bridgehead atoms. The van der Waals surface area contributed by atoms with E-state index in [1.165, 1.54) is 51.4 Å². The van der Waals surface area contributed by atoms with Crippen molar-refractivity contribution in [3.05, 3.63) is 24.3 Å². The first-order chi connectivity index (χ1) is 12.6. The molecule has 4 fully saturated rings. The van der Waals surface area contributed by atoms with Crippen molar-refractivity contribution >= 4 is 5.71 Å². The number of fused-ring (bicyclic) bond motifs is 3. The van der Waals surface area contributed by atoms with Crippen molar-refractivity contribution in [1.29, 1.82) is 5.41 Å². The Labute approximate surface area is 160 Å². The molecule has 0 aromatic carbocycles. The average molecular weight is 352 g/mol. The third-order valence-corrected chi connectivity index (χ3v) is 9.67. The molecule has 5 aliphatic rings. The van der Waals surface area contributed by atoms with E-state index in [4.69, 9.17) is 5.41 Å². The maximum absolute atomic E-state index is 8.17. The Balaban J connectivity index is 1.51. The summed E-state index contributed by atoms with van der Waals surface area (Å²) in [5, 5.41) is 8.17. The van der Waals surface area contributed by atoms with Crippen LogP contribution in [0.5, 0.6) is 0 Å². The largest absolute Gasteiger partial charge is 0.305 e. The highest BCUT2D eigenvalue weighted by Crippen LogP contribution is 2.77. The number of rotatable bonds is 4. The summed E-state index contributed by atoms with van der Waals surface area (Å²) in [5.74, 6) is 7.53. The number of allylic oxidation sites excluding steroid dienone is 3. The Hall–Kier alpha value is -0.850. The van der Waals surface area contributed by atoms with Crippen molar-refractivity contribution in [1.82, 2.24) is 0 Å². The van der Waals surface area contributed by atoms with Gasteiger partial charge in [-0.1, -0.05) is 31.9 Å². The highest BCUT2D eigenvalue weighted by atomic mass is 14.8. The summed E-state index contributed by atoms with van der Waals surface area (Å²) in [6.07, 6.45) is 16.7. The summed E-state index contributed by atoms with van der Waals surface area (Å²) >= 11 is 0. The van der Waals surface area contributed by atoms with Crippen LogP contribution in [0.25, 0.3) is 0 Å². The second-order valence-electron chi connectivity index (χ2n) is 10.4. The van der Waals surface area contributed by atoms with Crippen LogP contribution in [0.1, 0.15) is 71.6 Å². The van der Waals surface area contributed by atoms with Crippen LogP contribution < -0.4 is 0 Å². The molecular formula is C25H37N. The van der Waals surface area contributed by atoms with Gasteiger partial charge in [-0.3, -0.25) is 0 Å². The van der Waals surface area contributed by atoms with Crippen LogP contribution in [0.15, 0.2) is 24.3 Å². The third kappa shape index (κ3) is 2.31. The molecule has 0 aliphatic heterocycles. The average Bonchev–Trinajstić information content (AvgIpc) is 3.56. The first-order valence-electron chi connectivity index (χ1n) is 11.5. The van der Waals surface area contributed by atoms with E-state index in [1.807, 2.05) is 0 Å². The van der Waals surface area contributed by atoms with Crippen molar-refractivity contribution < 1.29 is 0 Å². The molecule has 1 nitrogen and oxygen atoms in total. The van der Waals surface area contributed by atoms with Gasteiger partial charge >= 0.3 is 0 Å². The third-order valence-electron chi connectivity index (χ3n) is 9.67. The predicted molar refractivity (Wildman–Crippen MR) is 109 cm³/mol. The fraction of sp³-hybridized carbons (Fsp3) is 0.800. The molecule has 1 N–H and O–H groups in total. The molecule has 1 heteroatoms. The van der Waals surface area contributed by atoms with Crippen LogP contribution in [-0.2, 0) is 0 Å². The van der Waals surface area contributed by atoms with Gasteiger partial charge in [0.05, 0.1) is 0 Å². The van der Waals surface area contributed by atoms with E-state index in [-0.39, 0.29) is 0 Å². The van der Waals surface area contributed by atoms with E-state index in [2.05, 4.69) is 32.6 Å². The molecule has 8 atom stereocenters. The summed E-state index contributed by atoms with van der Waals surface area (Å²) < 4.78 is 0. The Bertz CT molecular complexity index is 641. The van der Waals surface area contributed by atoms with Gasteiger partial charge in [0, 0.05) is 5.71 Å². The normalized spacial score (nSPS) is 50.0. The first-order valence-corrected chi connectivity index (χ1v) is 11.5. The quantitative estimate of drug-likeness (QED) is 0.548. The molecule has 0 radical (unpaired) electrons. The second kappa shape index (κ2) is 6.08. The monoisotopic (exact) mass is 351 g/mol. The highest BCUT2D eigenvalue weighted by molar-refractivity contribution is 5.93. The molecule has 0 amide bonds. The molecule has 0 aromatic heterocycles. The van der Waals surface area contributed by atoms with Gasteiger partial charge in [0.15, 0.2) is 0 Å². The molecule has 0 saturated heterocycles. The minimum Gasteiger partial charge on any atom is -0.305 e. The summed E-state index contributed by atoms with van der Waals surface area (Å²) in [6.45, 7) is 9.10. The maximum Gasteiger partial charge on any atom is 0.0313 e. The van der Waals surface area contributed by atoms with E-state index < -0.39 is 0 Å². The summed E-state index contributed by atoms with van der Waals surface area (Å²) in [7, 11) is 0. The van der Waals surface area contributed by atoms with Crippen molar-refractivity contribution in [2.45, 2.75) is 71.6 Å². The van der Waals surface area contributed by atoms with Gasteiger partial charge < -0.3 is 5.41 Å². The zero-order valence-corrected chi connectivity index (χ0v) is 16.8. The molecule has 4 saturated carbocycles. The highest BCUT2D eigenvalue weighted by Gasteiger charge is 2.71. The number of nitrogens with one attached hydrogen (secondary N) is 1. The van der Waals surface area contributed by atoms with E-state index in [0.29, 0.717) is 5.41 Å². The van der Waals surface area contributed by atoms with Crippen LogP contribution >= 0.6 is 0 Å². The van der Waals surface area contributed by atoms with E-state index in [1.54, 1.807) is 5.57 Å². The van der Waals surface area contributed by atoms with Crippen LogP contribution in [0, 0.1) is 58.2 Å². The Kier molecular flexibility index (Phi) is 4.03. The fourth-order valence-corrected chi connectivity index (χ4v) is 8.50. The van der Waals surface area contributed by atoms with Gasteiger partial charge in [0.2, 0.25) is 0 Å². The smallest absolute Gasteiger partial charge is 0.0313 e. The molecule has 1 spiro atoms. The van der Waals surface area contributed by atoms with Gasteiger partial charge in [-0.05, 0) is 110 Å². The van der Waals surface area contributed by atoms with Crippen molar-refractivity contribution in [2.24, 2.45) is 52.8 Å². The SMILES string of the molecule is C=CCC1C(C)C12CCC1C3CCC(=N)C=C3CC(CC)C1C2C1CC1. The Morgan fingerprint density at radius 3 is 2.77 bits per heavy atom. The second-order valence-corrected chi connectivity index (χ2v) is 10.4. The lowest BCUT2D eigenvalue weighted by molar-refractivity contribution is -0.0368. The molecule has 5 aliphatic carbocycles. The lowest BCUT2D eigenvalue weighted by Gasteiger charge is -2.55. The molecular weight excluding hydrogens is 314 g/mol. The molecule has 26 heavy (non-hydrogen) atoms. The van der Waals surface area contributed by atoms with Gasteiger partial charge in [-0.2, -0.15) is 0 Å². The van der Waals surface area contributed by atoms with E-state index in [9.17, 15) is 0 Å². The minimum absolute atomic E-state index is 0.673. The zero-order valence-electron chi connectivity index (χ0n) is 16.8. The van der Waals surface area contributed by atoms with E-state index in [0.717, 1.165) is 59.5 Å². The standard InChI is InChI=1S/C25H37N/c1-4-6-22-15(3)25(22)12-11-21-20-10-9-19(26)14-18(20)13-16(5-2)23(21)24(25)17-7-8-17/h4,14-17,20-24,26H,1,5-13H2,2-3H3. The summed E-state index contributed by atoms with van der Waals surface area (Å²) in [5.41, 5.74) is 3.25. The number of hydrogen-bond acceptors (Lipinski definition) is 1. The van der Waals surface area contributed by atoms with Crippen molar-refractivity contribution in [3.63, 3.8) is 0 Å². The maximum atomic E-state index is 8.17. The molecule has 142 valence electrons. The zero-order chi connectivity index (χ0) is 18.1. The Morgan fingerprint density at radius 1 is 1.27 bits per heavy atom. The van der Waals surface area contributed by atoms with Gasteiger partial charge in [0.1, 0.15) is 0 Å². The molecule has 5 rings (SSSR count). The fourth-order valence-electron chi connectivity index (χ4n) is 8.50. The van der Waals surface area contributed by atoms with Crippen LogP contribution in [0.2, 0.25) is 0 Å². The van der Waals surface area contributed by atoms with E-state index >= 15 is 0 Å². The lowest BCUT2D eigenvalue weighted by Crippen LogP contribution is -2.49. The predicted octanol–water partition coefficient (Wildman–Crippen LogP) is 6.65. The van der Waals surface area contributed by atoms with Crippen molar-refractivity contribution in [2.75, 3.05) is 0 Å². The number of hydrogen-bond donors (Lipinski definition) is 1. The minimum atomic E-state index is 0.673. The Morgan fingerprint density at radius 2 is 2.08 bits per heavy atom. The summed E-state index contributed by atoms with van der Waals surface area (Å²) in [6, 6.07) is 0. The van der Waals surface area contributed by atoms with Crippen LogP contribution in [0.3, 0.4) is 0 Å². The topological polar surface area (TPSA) is 23.9 Å². The van der Waals surface area contributed by atoms with Crippen LogP contribution in [0.4, 0.5) is 0 Å². The van der Waals surface area contributed by atoms with Crippen LogP contribution in [-0.4, -0.2) is 5.71 Å². The van der Waals surface area contributed by atoms with Gasteiger partial charge in [-0.25, -0.2) is 0 Å². The molecule has 8 unspecified atom stereocenters. The van der Waals surface area contributed by atoms with Gasteiger partial charge in [0.25, 0.3) is 0 Å². The lowest BCUT2D eigenvalue weighted by atomic mass is 9.49. The molecule has 0 heterocycles. The summed E-state index contributed by atoms with van der Waals surface area (Å²) in [4.78, 5) is 0. The molecule has 0 aromatic rings. The van der Waals surface area contributed by atoms with Gasteiger partial charge in [-0.15, -0.1) is 6.58 Å². The van der Waals surface area contributed by atoms with Crippen molar-refractivity contribution in [3.8, 4) is 0 Å².